The fourth-order valence-corrected chi connectivity index (χ4v) is 2.63. The van der Waals surface area contributed by atoms with E-state index in [0.29, 0.717) is 35.2 Å². The second-order valence-electron chi connectivity index (χ2n) is 6.07. The maximum atomic E-state index is 12.5. The van der Waals surface area contributed by atoms with E-state index in [4.69, 9.17) is 14.2 Å². The number of anilines is 3. The molecule has 2 N–H and O–H groups in total. The average molecular weight is 393 g/mol. The van der Waals surface area contributed by atoms with Crippen LogP contribution < -0.4 is 24.8 Å². The van der Waals surface area contributed by atoms with Crippen molar-refractivity contribution in [2.24, 2.45) is 0 Å². The van der Waals surface area contributed by atoms with Gasteiger partial charge >= 0.3 is 0 Å². The first-order valence-electron chi connectivity index (χ1n) is 9.11. The summed E-state index contributed by atoms with van der Waals surface area (Å²) in [5, 5.41) is 6.02. The number of methoxy groups -OCH3 is 2. The van der Waals surface area contributed by atoms with Crippen molar-refractivity contribution in [3.05, 3.63) is 66.4 Å². The molecule has 0 atom stereocenters. The van der Waals surface area contributed by atoms with Crippen molar-refractivity contribution in [1.29, 1.82) is 0 Å². The molecule has 0 aliphatic carbocycles. The van der Waals surface area contributed by atoms with E-state index in [9.17, 15) is 4.79 Å². The topological polar surface area (TPSA) is 81.7 Å². The smallest absolute Gasteiger partial charge is 0.255 e. The minimum absolute atomic E-state index is 0.281. The van der Waals surface area contributed by atoms with Gasteiger partial charge in [0.25, 0.3) is 5.91 Å². The van der Waals surface area contributed by atoms with E-state index >= 15 is 0 Å². The zero-order valence-corrected chi connectivity index (χ0v) is 16.6. The van der Waals surface area contributed by atoms with Gasteiger partial charge < -0.3 is 24.8 Å². The minimum atomic E-state index is -0.281. The first-order chi connectivity index (χ1) is 14.1. The summed E-state index contributed by atoms with van der Waals surface area (Å²) in [5.74, 6) is 2.29. The molecule has 0 bridgehead atoms. The summed E-state index contributed by atoms with van der Waals surface area (Å²) in [4.78, 5) is 16.9. The molecule has 0 aliphatic rings. The molecule has 0 radical (unpaired) electrons. The highest BCUT2D eigenvalue weighted by Crippen LogP contribution is 2.24. The van der Waals surface area contributed by atoms with Crippen LogP contribution in [0.2, 0.25) is 0 Å². The Morgan fingerprint density at radius 2 is 1.55 bits per heavy atom. The lowest BCUT2D eigenvalue weighted by molar-refractivity contribution is 0.102. The lowest BCUT2D eigenvalue weighted by Gasteiger charge is -2.10. The lowest BCUT2D eigenvalue weighted by atomic mass is 10.2. The number of nitrogens with zero attached hydrogens (tertiary/aromatic N) is 1. The van der Waals surface area contributed by atoms with E-state index in [1.54, 1.807) is 36.5 Å². The summed E-state index contributed by atoms with van der Waals surface area (Å²) in [6, 6.07) is 16.2. The molecule has 1 aromatic heterocycles. The monoisotopic (exact) mass is 393 g/mol. The Morgan fingerprint density at radius 3 is 2.10 bits per heavy atom. The number of carbonyl (C=O) groups excluding carboxylic acids is 1. The Labute approximate surface area is 169 Å². The normalized spacial score (nSPS) is 10.2. The van der Waals surface area contributed by atoms with E-state index in [-0.39, 0.29) is 5.91 Å². The van der Waals surface area contributed by atoms with Crippen LogP contribution in [0.4, 0.5) is 17.2 Å². The van der Waals surface area contributed by atoms with Crippen molar-refractivity contribution >= 4 is 23.1 Å². The summed E-state index contributed by atoms with van der Waals surface area (Å²) in [5.41, 5.74) is 1.90. The molecule has 0 aliphatic heterocycles. The van der Waals surface area contributed by atoms with Crippen LogP contribution in [0.5, 0.6) is 17.2 Å². The Bertz CT molecular complexity index is 935. The number of aromatic nitrogens is 1. The van der Waals surface area contributed by atoms with Gasteiger partial charge in [-0.15, -0.1) is 0 Å². The zero-order chi connectivity index (χ0) is 20.6. The van der Waals surface area contributed by atoms with Crippen LogP contribution >= 0.6 is 0 Å². The van der Waals surface area contributed by atoms with Gasteiger partial charge in [0.1, 0.15) is 23.1 Å². The van der Waals surface area contributed by atoms with Gasteiger partial charge in [-0.05, 0) is 55.5 Å². The van der Waals surface area contributed by atoms with Crippen LogP contribution in [0.1, 0.15) is 17.3 Å². The van der Waals surface area contributed by atoms with Crippen LogP contribution in [0.15, 0.2) is 60.8 Å². The third kappa shape index (κ3) is 5.38. The number of ether oxygens (including phenoxy) is 3. The van der Waals surface area contributed by atoms with E-state index in [1.807, 2.05) is 31.2 Å². The van der Waals surface area contributed by atoms with Crippen molar-refractivity contribution in [2.75, 3.05) is 31.5 Å². The van der Waals surface area contributed by atoms with Gasteiger partial charge in [-0.3, -0.25) is 4.79 Å². The molecule has 7 nitrogen and oxygen atoms in total. The molecule has 0 spiro atoms. The second-order valence-corrected chi connectivity index (χ2v) is 6.07. The summed E-state index contributed by atoms with van der Waals surface area (Å²) < 4.78 is 15.8. The number of benzene rings is 2. The number of rotatable bonds is 8. The summed E-state index contributed by atoms with van der Waals surface area (Å²) in [6.45, 7) is 2.57. The minimum Gasteiger partial charge on any atom is -0.497 e. The number of pyridine rings is 1. The van der Waals surface area contributed by atoms with Gasteiger partial charge in [-0.2, -0.15) is 0 Å². The van der Waals surface area contributed by atoms with Gasteiger partial charge in [-0.25, -0.2) is 4.98 Å². The Hall–Kier alpha value is -3.74. The maximum Gasteiger partial charge on any atom is 0.255 e. The Morgan fingerprint density at radius 1 is 0.897 bits per heavy atom. The number of nitrogens with one attached hydrogen (secondary N) is 2. The van der Waals surface area contributed by atoms with Gasteiger partial charge in [0.15, 0.2) is 0 Å². The van der Waals surface area contributed by atoms with Gasteiger partial charge in [0, 0.05) is 17.3 Å². The summed E-state index contributed by atoms with van der Waals surface area (Å²) in [6.07, 6.45) is 1.59. The first-order valence-corrected chi connectivity index (χ1v) is 9.11. The van der Waals surface area contributed by atoms with Crippen LogP contribution in [0.25, 0.3) is 0 Å². The number of hydrogen-bond acceptors (Lipinski definition) is 6. The molecule has 29 heavy (non-hydrogen) atoms. The van der Waals surface area contributed by atoms with E-state index in [2.05, 4.69) is 15.6 Å². The molecule has 0 fully saturated rings. The summed E-state index contributed by atoms with van der Waals surface area (Å²) >= 11 is 0. The predicted octanol–water partition coefficient (Wildman–Crippen LogP) is 4.49. The largest absolute Gasteiger partial charge is 0.497 e. The third-order valence-corrected chi connectivity index (χ3v) is 4.07. The summed E-state index contributed by atoms with van der Waals surface area (Å²) in [7, 11) is 3.08. The lowest BCUT2D eigenvalue weighted by Crippen LogP contribution is -2.12. The highest BCUT2D eigenvalue weighted by Gasteiger charge is 2.10. The maximum absolute atomic E-state index is 12.5. The van der Waals surface area contributed by atoms with Gasteiger partial charge in [0.05, 0.1) is 32.7 Å². The molecular weight excluding hydrogens is 370 g/mol. The van der Waals surface area contributed by atoms with Gasteiger partial charge in [-0.1, -0.05) is 0 Å². The second kappa shape index (κ2) is 9.45. The fourth-order valence-electron chi connectivity index (χ4n) is 2.63. The highest BCUT2D eigenvalue weighted by molar-refractivity contribution is 6.04. The quantitative estimate of drug-likeness (QED) is 0.587. The van der Waals surface area contributed by atoms with Crippen molar-refractivity contribution in [2.45, 2.75) is 6.92 Å². The van der Waals surface area contributed by atoms with Crippen LogP contribution in [-0.4, -0.2) is 31.7 Å². The van der Waals surface area contributed by atoms with Crippen molar-refractivity contribution in [3.8, 4) is 17.2 Å². The van der Waals surface area contributed by atoms with Crippen LogP contribution in [0, 0.1) is 0 Å². The van der Waals surface area contributed by atoms with Crippen molar-refractivity contribution < 1.29 is 19.0 Å². The predicted molar refractivity (Wildman–Crippen MR) is 113 cm³/mol. The van der Waals surface area contributed by atoms with Crippen molar-refractivity contribution in [3.63, 3.8) is 0 Å². The number of carbonyl (C=O) groups is 1. The standard InChI is InChI=1S/C22H23N3O4/c1-4-29-18-8-5-16(6-9-18)24-21-10-7-17(14-23-21)25-22(26)15-11-19(27-2)13-20(12-15)28-3/h5-14H,4H2,1-3H3,(H,23,24)(H,25,26). The molecule has 1 amide bonds. The Balaban J connectivity index is 1.65. The average Bonchev–Trinajstić information content (AvgIpc) is 2.76. The fraction of sp³-hybridized carbons (Fsp3) is 0.182. The molecule has 150 valence electrons. The van der Waals surface area contributed by atoms with E-state index < -0.39 is 0 Å². The molecule has 1 heterocycles. The van der Waals surface area contributed by atoms with E-state index in [1.165, 1.54) is 14.2 Å². The molecular formula is C22H23N3O4. The molecule has 3 aromatic rings. The SMILES string of the molecule is CCOc1ccc(Nc2ccc(NC(=O)c3cc(OC)cc(OC)c3)cn2)cc1. The zero-order valence-electron chi connectivity index (χ0n) is 16.6. The first kappa shape index (κ1) is 20.0. The van der Waals surface area contributed by atoms with Crippen molar-refractivity contribution in [1.82, 2.24) is 4.98 Å². The highest BCUT2D eigenvalue weighted by atomic mass is 16.5. The van der Waals surface area contributed by atoms with E-state index in [0.717, 1.165) is 11.4 Å². The third-order valence-electron chi connectivity index (χ3n) is 4.07. The number of hydrogen-bond donors (Lipinski definition) is 2. The molecule has 0 saturated heterocycles. The Kier molecular flexibility index (Phi) is 6.52. The van der Waals surface area contributed by atoms with Crippen LogP contribution in [0.3, 0.4) is 0 Å². The molecule has 7 heteroatoms. The molecule has 2 aromatic carbocycles. The van der Waals surface area contributed by atoms with Gasteiger partial charge in [0.2, 0.25) is 0 Å². The van der Waals surface area contributed by atoms with Crippen LogP contribution in [-0.2, 0) is 0 Å². The molecule has 0 unspecified atom stereocenters. The number of amides is 1. The molecule has 3 rings (SSSR count). The molecule has 0 saturated carbocycles.